The number of carbonyl (C=O) groups is 1. The summed E-state index contributed by atoms with van der Waals surface area (Å²) in [5.74, 6) is 2.08. The molecule has 1 saturated heterocycles. The summed E-state index contributed by atoms with van der Waals surface area (Å²) in [5.41, 5.74) is 0. The number of hydrogen-bond donors (Lipinski definition) is 1. The number of aliphatic imine (C=N–C) groups is 1. The fourth-order valence-electron chi connectivity index (χ4n) is 2.84. The van der Waals surface area contributed by atoms with Gasteiger partial charge in [-0.25, -0.2) is 0 Å². The van der Waals surface area contributed by atoms with Crippen molar-refractivity contribution in [2.45, 2.75) is 6.42 Å². The van der Waals surface area contributed by atoms with E-state index in [2.05, 4.69) is 21.8 Å². The van der Waals surface area contributed by atoms with Crippen molar-refractivity contribution in [2.24, 2.45) is 4.99 Å². The first-order valence-corrected chi connectivity index (χ1v) is 8.77. The Balaban J connectivity index is 1.55. The van der Waals surface area contributed by atoms with Crippen LogP contribution in [0.4, 0.5) is 0 Å². The van der Waals surface area contributed by atoms with Crippen molar-refractivity contribution in [3.05, 3.63) is 61.0 Å². The molecule has 2 aromatic heterocycles. The van der Waals surface area contributed by atoms with Gasteiger partial charge in [0.25, 0.3) is 5.91 Å². The molecule has 0 aliphatic carbocycles. The van der Waals surface area contributed by atoms with Gasteiger partial charge in [0.2, 0.25) is 0 Å². The minimum absolute atomic E-state index is 0.0648. The van der Waals surface area contributed by atoms with Crippen LogP contribution < -0.4 is 5.32 Å². The first kappa shape index (κ1) is 17.8. The number of rotatable bonds is 6. The van der Waals surface area contributed by atoms with Gasteiger partial charge < -0.3 is 24.0 Å². The molecule has 0 aromatic carbocycles. The van der Waals surface area contributed by atoms with Crippen molar-refractivity contribution >= 4 is 11.9 Å². The van der Waals surface area contributed by atoms with Crippen LogP contribution in [0.25, 0.3) is 0 Å². The predicted molar refractivity (Wildman–Crippen MR) is 99.1 cm³/mol. The molecule has 1 amide bonds. The highest BCUT2D eigenvalue weighted by Crippen LogP contribution is 2.10. The van der Waals surface area contributed by atoms with Crippen LogP contribution in [0.2, 0.25) is 0 Å². The first-order valence-electron chi connectivity index (χ1n) is 8.77. The number of nitrogens with one attached hydrogen (secondary N) is 1. The van der Waals surface area contributed by atoms with E-state index in [1.807, 2.05) is 17.0 Å². The first-order chi connectivity index (χ1) is 12.8. The molecule has 3 heterocycles. The molecular weight excluding hydrogens is 332 g/mol. The van der Waals surface area contributed by atoms with Gasteiger partial charge in [-0.2, -0.15) is 0 Å². The number of amides is 1. The predicted octanol–water partition coefficient (Wildman–Crippen LogP) is 2.00. The Kier molecular flexibility index (Phi) is 6.14. The number of furan rings is 2. The van der Waals surface area contributed by atoms with Gasteiger partial charge in [0, 0.05) is 45.7 Å². The summed E-state index contributed by atoms with van der Waals surface area (Å²) in [6.45, 7) is 7.73. The molecule has 1 aliphatic heterocycles. The fourth-order valence-corrected chi connectivity index (χ4v) is 2.84. The summed E-state index contributed by atoms with van der Waals surface area (Å²) in [6, 6.07) is 7.25. The number of piperazine rings is 1. The van der Waals surface area contributed by atoms with E-state index in [1.54, 1.807) is 24.5 Å². The largest absolute Gasteiger partial charge is 0.469 e. The molecule has 0 bridgehead atoms. The smallest absolute Gasteiger partial charge is 0.289 e. The van der Waals surface area contributed by atoms with Crippen molar-refractivity contribution in [3.63, 3.8) is 0 Å². The maximum Gasteiger partial charge on any atom is 0.289 e. The fraction of sp³-hybridized carbons (Fsp3) is 0.368. The third-order valence-electron chi connectivity index (χ3n) is 4.20. The summed E-state index contributed by atoms with van der Waals surface area (Å²) < 4.78 is 10.5. The van der Waals surface area contributed by atoms with Gasteiger partial charge in [0.05, 0.1) is 12.5 Å². The van der Waals surface area contributed by atoms with Gasteiger partial charge in [-0.3, -0.25) is 9.79 Å². The van der Waals surface area contributed by atoms with Gasteiger partial charge in [-0.15, -0.1) is 6.58 Å². The lowest BCUT2D eigenvalue weighted by atomic mass is 10.3. The molecule has 3 rings (SSSR count). The summed E-state index contributed by atoms with van der Waals surface area (Å²) in [6.07, 6.45) is 5.75. The second kappa shape index (κ2) is 8.94. The van der Waals surface area contributed by atoms with Gasteiger partial charge in [0.15, 0.2) is 11.7 Å². The number of hydrogen-bond acceptors (Lipinski definition) is 4. The highest BCUT2D eigenvalue weighted by Gasteiger charge is 2.25. The second-order valence-electron chi connectivity index (χ2n) is 5.96. The quantitative estimate of drug-likeness (QED) is 0.487. The van der Waals surface area contributed by atoms with E-state index < -0.39 is 0 Å². The Hall–Kier alpha value is -2.96. The van der Waals surface area contributed by atoms with Crippen molar-refractivity contribution in [3.8, 4) is 0 Å². The van der Waals surface area contributed by atoms with Gasteiger partial charge in [0.1, 0.15) is 5.76 Å². The molecule has 7 heteroatoms. The molecule has 0 spiro atoms. The van der Waals surface area contributed by atoms with Gasteiger partial charge >= 0.3 is 0 Å². The zero-order chi connectivity index (χ0) is 18.2. The number of guanidine groups is 1. The molecule has 0 saturated carbocycles. The van der Waals surface area contributed by atoms with Crippen LogP contribution in [0.1, 0.15) is 16.3 Å². The topological polar surface area (TPSA) is 74.2 Å². The number of nitrogens with zero attached hydrogens (tertiary/aromatic N) is 3. The molecule has 1 N–H and O–H groups in total. The van der Waals surface area contributed by atoms with Crippen LogP contribution in [0, 0.1) is 0 Å². The minimum atomic E-state index is -0.0648. The van der Waals surface area contributed by atoms with Crippen LogP contribution in [0.3, 0.4) is 0 Å². The molecule has 26 heavy (non-hydrogen) atoms. The van der Waals surface area contributed by atoms with E-state index in [-0.39, 0.29) is 5.91 Å². The summed E-state index contributed by atoms with van der Waals surface area (Å²) in [4.78, 5) is 21.0. The lowest BCUT2D eigenvalue weighted by Gasteiger charge is -2.36. The zero-order valence-electron chi connectivity index (χ0n) is 14.8. The summed E-state index contributed by atoms with van der Waals surface area (Å²) in [7, 11) is 0. The monoisotopic (exact) mass is 356 g/mol. The normalized spacial score (nSPS) is 15.2. The second-order valence-corrected chi connectivity index (χ2v) is 5.96. The third kappa shape index (κ3) is 4.56. The molecule has 7 nitrogen and oxygen atoms in total. The molecular formula is C19H24N4O3. The SMILES string of the molecule is C=CCNC(=NCCc1ccco1)N1CCN(C(=O)c2ccco2)CC1. The van der Waals surface area contributed by atoms with Crippen molar-refractivity contribution < 1.29 is 13.6 Å². The van der Waals surface area contributed by atoms with E-state index in [4.69, 9.17) is 8.83 Å². The Bertz CT molecular complexity index is 714. The van der Waals surface area contributed by atoms with Gasteiger partial charge in [-0.1, -0.05) is 6.08 Å². The molecule has 1 fully saturated rings. The van der Waals surface area contributed by atoms with Crippen molar-refractivity contribution in [2.75, 3.05) is 39.3 Å². The highest BCUT2D eigenvalue weighted by molar-refractivity contribution is 5.91. The maximum absolute atomic E-state index is 12.4. The van der Waals surface area contributed by atoms with E-state index in [1.165, 1.54) is 6.26 Å². The van der Waals surface area contributed by atoms with E-state index in [9.17, 15) is 4.79 Å². The summed E-state index contributed by atoms with van der Waals surface area (Å²) in [5, 5.41) is 3.30. The Morgan fingerprint density at radius 2 is 1.88 bits per heavy atom. The van der Waals surface area contributed by atoms with Crippen LogP contribution in [0.5, 0.6) is 0 Å². The average molecular weight is 356 g/mol. The lowest BCUT2D eigenvalue weighted by Crippen LogP contribution is -2.53. The Morgan fingerprint density at radius 1 is 1.15 bits per heavy atom. The zero-order valence-corrected chi connectivity index (χ0v) is 14.8. The van der Waals surface area contributed by atoms with E-state index >= 15 is 0 Å². The molecule has 138 valence electrons. The minimum Gasteiger partial charge on any atom is -0.469 e. The van der Waals surface area contributed by atoms with Gasteiger partial charge in [-0.05, 0) is 24.3 Å². The van der Waals surface area contributed by atoms with Crippen LogP contribution in [-0.4, -0.2) is 60.9 Å². The highest BCUT2D eigenvalue weighted by atomic mass is 16.3. The van der Waals surface area contributed by atoms with Crippen molar-refractivity contribution in [1.82, 2.24) is 15.1 Å². The van der Waals surface area contributed by atoms with Crippen LogP contribution >= 0.6 is 0 Å². The standard InChI is InChI=1S/C19H24N4O3/c1-2-8-20-19(21-9-7-16-5-3-14-25-16)23-12-10-22(11-13-23)18(24)17-6-4-15-26-17/h2-6,14-15H,1,7-13H2,(H,20,21). The molecule has 0 atom stereocenters. The van der Waals surface area contributed by atoms with Crippen LogP contribution in [-0.2, 0) is 6.42 Å². The van der Waals surface area contributed by atoms with Crippen LogP contribution in [0.15, 0.2) is 63.3 Å². The average Bonchev–Trinajstić information content (AvgIpc) is 3.38. The third-order valence-corrected chi connectivity index (χ3v) is 4.20. The summed E-state index contributed by atoms with van der Waals surface area (Å²) >= 11 is 0. The van der Waals surface area contributed by atoms with E-state index in [0.29, 0.717) is 31.9 Å². The molecule has 2 aromatic rings. The maximum atomic E-state index is 12.4. The Morgan fingerprint density at radius 3 is 2.54 bits per heavy atom. The van der Waals surface area contributed by atoms with Crippen molar-refractivity contribution in [1.29, 1.82) is 0 Å². The molecule has 0 radical (unpaired) electrons. The molecule has 1 aliphatic rings. The van der Waals surface area contributed by atoms with E-state index in [0.717, 1.165) is 31.2 Å². The Labute approximate surface area is 153 Å². The number of carbonyl (C=O) groups excluding carboxylic acids is 1. The lowest BCUT2D eigenvalue weighted by molar-refractivity contribution is 0.0658. The molecule has 0 unspecified atom stereocenters.